The minimum atomic E-state index is -1.44. The van der Waals surface area contributed by atoms with E-state index in [4.69, 9.17) is 0 Å². The van der Waals surface area contributed by atoms with Gasteiger partial charge in [-0.1, -0.05) is 19.6 Å². The summed E-state index contributed by atoms with van der Waals surface area (Å²) < 4.78 is 1.05. The van der Waals surface area contributed by atoms with Crippen LogP contribution in [0.3, 0.4) is 0 Å². The molecular formula is C8H15IN2OSi. The third-order valence-electron chi connectivity index (χ3n) is 1.91. The van der Waals surface area contributed by atoms with Crippen LogP contribution in [0.5, 0.6) is 0 Å². The normalized spacial score (nSPS) is 18.5. The fourth-order valence-electron chi connectivity index (χ4n) is 1.17. The first-order valence-corrected chi connectivity index (χ1v) is 8.71. The van der Waals surface area contributed by atoms with Crippen molar-refractivity contribution in [1.29, 1.82) is 0 Å². The second-order valence-corrected chi connectivity index (χ2v) is 10.4. The highest BCUT2D eigenvalue weighted by Crippen LogP contribution is 2.25. The monoisotopic (exact) mass is 310 g/mol. The van der Waals surface area contributed by atoms with Gasteiger partial charge in [-0.25, -0.2) is 0 Å². The van der Waals surface area contributed by atoms with Crippen molar-refractivity contribution in [1.82, 2.24) is 10.4 Å². The standard InChI is InChI=1S/C8H15IN2OSi/c1-11-8(12)6(13(2,3)4)5-7(9)10-11/h5,10,12H,1-4H3. The Labute approximate surface area is 93.6 Å². The predicted molar refractivity (Wildman–Crippen MR) is 66.0 cm³/mol. The van der Waals surface area contributed by atoms with E-state index in [0.29, 0.717) is 5.88 Å². The summed E-state index contributed by atoms with van der Waals surface area (Å²) in [6.07, 6.45) is 2.03. The average molecular weight is 310 g/mol. The molecule has 0 aromatic heterocycles. The summed E-state index contributed by atoms with van der Waals surface area (Å²) in [5.74, 6) is 0.361. The van der Waals surface area contributed by atoms with E-state index >= 15 is 0 Å². The van der Waals surface area contributed by atoms with E-state index < -0.39 is 8.07 Å². The van der Waals surface area contributed by atoms with Crippen molar-refractivity contribution >= 4 is 30.7 Å². The van der Waals surface area contributed by atoms with Gasteiger partial charge in [0.1, 0.15) is 0 Å². The first-order chi connectivity index (χ1) is 5.82. The second kappa shape index (κ2) is 3.53. The Morgan fingerprint density at radius 1 is 1.46 bits per heavy atom. The zero-order valence-electron chi connectivity index (χ0n) is 8.35. The highest BCUT2D eigenvalue weighted by Gasteiger charge is 2.26. The highest BCUT2D eigenvalue weighted by atomic mass is 127. The van der Waals surface area contributed by atoms with E-state index in [2.05, 4.69) is 47.7 Å². The van der Waals surface area contributed by atoms with Crippen LogP contribution in [0.25, 0.3) is 0 Å². The summed E-state index contributed by atoms with van der Waals surface area (Å²) in [5, 5.41) is 12.6. The quantitative estimate of drug-likeness (QED) is 0.443. The Morgan fingerprint density at radius 3 is 2.46 bits per heavy atom. The molecule has 0 saturated heterocycles. The Balaban J connectivity index is 3.12. The number of aliphatic hydroxyl groups excluding tert-OH is 1. The Hall–Kier alpha value is -0.173. The van der Waals surface area contributed by atoms with Gasteiger partial charge >= 0.3 is 0 Å². The number of nitrogens with zero attached hydrogens (tertiary/aromatic N) is 1. The average Bonchev–Trinajstić information content (AvgIpc) is 1.94. The van der Waals surface area contributed by atoms with Gasteiger partial charge in [0.05, 0.1) is 11.8 Å². The number of allylic oxidation sites excluding steroid dienone is 2. The van der Waals surface area contributed by atoms with E-state index in [9.17, 15) is 5.11 Å². The van der Waals surface area contributed by atoms with Crippen LogP contribution in [0.4, 0.5) is 0 Å². The minimum absolute atomic E-state index is 0.361. The number of aliphatic hydroxyl groups is 1. The third kappa shape index (κ3) is 2.40. The van der Waals surface area contributed by atoms with Crippen molar-refractivity contribution < 1.29 is 5.11 Å². The van der Waals surface area contributed by atoms with Gasteiger partial charge in [0, 0.05) is 12.2 Å². The first kappa shape index (κ1) is 10.9. The first-order valence-electron chi connectivity index (χ1n) is 4.13. The van der Waals surface area contributed by atoms with Gasteiger partial charge in [-0.15, -0.1) is 0 Å². The summed E-state index contributed by atoms with van der Waals surface area (Å²) in [4.78, 5) is 0. The van der Waals surface area contributed by atoms with Gasteiger partial charge < -0.3 is 5.11 Å². The van der Waals surface area contributed by atoms with E-state index in [1.54, 1.807) is 5.01 Å². The molecule has 0 bridgehead atoms. The van der Waals surface area contributed by atoms with Crippen LogP contribution in [0.2, 0.25) is 19.6 Å². The molecule has 0 aromatic carbocycles. The number of halogens is 1. The molecule has 0 aliphatic carbocycles. The van der Waals surface area contributed by atoms with Crippen molar-refractivity contribution in [2.45, 2.75) is 19.6 Å². The van der Waals surface area contributed by atoms with Crippen LogP contribution in [0.15, 0.2) is 20.9 Å². The molecule has 0 unspecified atom stereocenters. The largest absolute Gasteiger partial charge is 0.494 e. The van der Waals surface area contributed by atoms with Gasteiger partial charge in [-0.2, -0.15) is 0 Å². The molecule has 0 amide bonds. The van der Waals surface area contributed by atoms with Crippen molar-refractivity contribution in [3.63, 3.8) is 0 Å². The van der Waals surface area contributed by atoms with Crippen LogP contribution in [-0.4, -0.2) is 25.2 Å². The zero-order chi connectivity index (χ0) is 10.2. The van der Waals surface area contributed by atoms with E-state index in [1.165, 1.54) is 0 Å². The van der Waals surface area contributed by atoms with Crippen molar-refractivity contribution in [2.75, 3.05) is 7.05 Å². The van der Waals surface area contributed by atoms with Crippen LogP contribution < -0.4 is 5.43 Å². The van der Waals surface area contributed by atoms with Crippen molar-refractivity contribution in [3.8, 4) is 0 Å². The van der Waals surface area contributed by atoms with E-state index in [-0.39, 0.29) is 0 Å². The minimum Gasteiger partial charge on any atom is -0.494 e. The molecule has 5 heteroatoms. The number of hydrogen-bond acceptors (Lipinski definition) is 3. The van der Waals surface area contributed by atoms with Gasteiger partial charge in [0.15, 0.2) is 0 Å². The number of nitrogens with one attached hydrogen (secondary N) is 1. The molecule has 1 aliphatic rings. The maximum Gasteiger partial charge on any atom is 0.204 e. The van der Waals surface area contributed by atoms with Crippen LogP contribution in [-0.2, 0) is 0 Å². The van der Waals surface area contributed by atoms with Gasteiger partial charge in [-0.3, -0.25) is 10.4 Å². The fraction of sp³-hybridized carbons (Fsp3) is 0.500. The molecule has 0 saturated carbocycles. The lowest BCUT2D eigenvalue weighted by molar-refractivity contribution is 0.192. The van der Waals surface area contributed by atoms with Gasteiger partial charge in [0.2, 0.25) is 5.88 Å². The van der Waals surface area contributed by atoms with Crippen LogP contribution in [0, 0.1) is 0 Å². The summed E-state index contributed by atoms with van der Waals surface area (Å²) in [5.41, 5.74) is 3.03. The van der Waals surface area contributed by atoms with E-state index in [0.717, 1.165) is 8.90 Å². The molecule has 3 nitrogen and oxygen atoms in total. The molecule has 0 spiro atoms. The van der Waals surface area contributed by atoms with Gasteiger partial charge in [-0.05, 0) is 28.7 Å². The van der Waals surface area contributed by atoms with Crippen LogP contribution in [0.1, 0.15) is 0 Å². The Morgan fingerprint density at radius 2 is 2.00 bits per heavy atom. The number of rotatable bonds is 1. The molecule has 0 aromatic rings. The summed E-state index contributed by atoms with van der Waals surface area (Å²) in [7, 11) is 0.384. The lowest BCUT2D eigenvalue weighted by Crippen LogP contribution is -2.39. The second-order valence-electron chi connectivity index (χ2n) is 4.15. The van der Waals surface area contributed by atoms with Gasteiger partial charge in [0.25, 0.3) is 0 Å². The molecule has 13 heavy (non-hydrogen) atoms. The molecule has 0 radical (unpaired) electrons. The molecule has 1 rings (SSSR count). The SMILES string of the molecule is CN1NC(I)=CC([Si](C)(C)C)=C1O. The molecule has 0 fully saturated rings. The molecule has 0 atom stereocenters. The van der Waals surface area contributed by atoms with E-state index in [1.807, 2.05) is 13.1 Å². The highest BCUT2D eigenvalue weighted by molar-refractivity contribution is 14.1. The Bertz CT molecular complexity index is 280. The number of hydrazine groups is 1. The summed E-state index contributed by atoms with van der Waals surface area (Å²) >= 11 is 2.22. The number of hydrogen-bond donors (Lipinski definition) is 2. The lowest BCUT2D eigenvalue weighted by atomic mass is 10.5. The molecule has 1 aliphatic heterocycles. The summed E-state index contributed by atoms with van der Waals surface area (Å²) in [6.45, 7) is 6.66. The maximum atomic E-state index is 9.82. The van der Waals surface area contributed by atoms with Crippen molar-refractivity contribution in [2.24, 2.45) is 0 Å². The van der Waals surface area contributed by atoms with Crippen LogP contribution >= 0.6 is 22.6 Å². The maximum absolute atomic E-state index is 9.82. The topological polar surface area (TPSA) is 35.5 Å². The Kier molecular flexibility index (Phi) is 2.96. The molecule has 2 N–H and O–H groups in total. The molecular weight excluding hydrogens is 295 g/mol. The third-order valence-corrected chi connectivity index (χ3v) is 4.45. The lowest BCUT2D eigenvalue weighted by Gasteiger charge is -2.30. The summed E-state index contributed by atoms with van der Waals surface area (Å²) in [6, 6.07) is 0. The molecule has 1 heterocycles. The molecule has 74 valence electrons. The predicted octanol–water partition coefficient (Wildman–Crippen LogP) is 2.36. The fourth-order valence-corrected chi connectivity index (χ4v) is 3.55. The zero-order valence-corrected chi connectivity index (χ0v) is 11.5. The smallest absolute Gasteiger partial charge is 0.204 e. The van der Waals surface area contributed by atoms with Crippen molar-refractivity contribution in [3.05, 3.63) is 20.9 Å².